The van der Waals surface area contributed by atoms with E-state index < -0.39 is 0 Å². The quantitative estimate of drug-likeness (QED) is 0.851. The molecule has 0 bridgehead atoms. The molecule has 1 atom stereocenters. The number of aromatic nitrogens is 1. The summed E-state index contributed by atoms with van der Waals surface area (Å²) < 4.78 is 0. The molecule has 3 nitrogen and oxygen atoms in total. The maximum atomic E-state index is 10.1. The van der Waals surface area contributed by atoms with E-state index in [0.717, 1.165) is 36.5 Å². The fourth-order valence-electron chi connectivity index (χ4n) is 2.12. The highest BCUT2D eigenvalue weighted by molar-refractivity contribution is 7.09. The average Bonchev–Trinajstić information content (AvgIpc) is 2.89. The molecule has 108 valence electrons. The smallest absolute Gasteiger partial charge is 0.0897 e. The number of hydrogen-bond acceptors (Lipinski definition) is 4. The van der Waals surface area contributed by atoms with Gasteiger partial charge in [-0.15, -0.1) is 11.3 Å². The lowest BCUT2D eigenvalue weighted by molar-refractivity contribution is 0.149. The van der Waals surface area contributed by atoms with Crippen LogP contribution >= 0.6 is 11.3 Å². The summed E-state index contributed by atoms with van der Waals surface area (Å²) in [6.07, 6.45) is 1.36. The molecule has 2 aromatic rings. The highest BCUT2D eigenvalue weighted by atomic mass is 32.1. The van der Waals surface area contributed by atoms with Gasteiger partial charge in [0.05, 0.1) is 16.8 Å². The summed E-state index contributed by atoms with van der Waals surface area (Å²) in [7, 11) is 2.09. The van der Waals surface area contributed by atoms with Gasteiger partial charge in [-0.2, -0.15) is 0 Å². The molecule has 1 heterocycles. The van der Waals surface area contributed by atoms with Gasteiger partial charge in [0.2, 0.25) is 0 Å². The molecule has 0 radical (unpaired) electrons. The lowest BCUT2D eigenvalue weighted by atomic mass is 10.1. The van der Waals surface area contributed by atoms with E-state index >= 15 is 0 Å². The zero-order valence-electron chi connectivity index (χ0n) is 12.1. The van der Waals surface area contributed by atoms with E-state index in [0.29, 0.717) is 0 Å². The van der Waals surface area contributed by atoms with Gasteiger partial charge in [0, 0.05) is 24.9 Å². The number of thiazole rings is 1. The lowest BCUT2D eigenvalue weighted by Crippen LogP contribution is -2.24. The van der Waals surface area contributed by atoms with Crippen LogP contribution in [0.2, 0.25) is 0 Å². The van der Waals surface area contributed by atoms with Gasteiger partial charge in [-0.25, -0.2) is 4.98 Å². The Bertz CT molecular complexity index is 512. The van der Waals surface area contributed by atoms with Crippen molar-refractivity contribution in [2.45, 2.75) is 25.9 Å². The minimum atomic E-state index is -0.375. The third-order valence-corrected chi connectivity index (χ3v) is 4.21. The number of hydrogen-bond donors (Lipinski definition) is 1. The van der Waals surface area contributed by atoms with E-state index in [1.54, 1.807) is 11.3 Å². The fourth-order valence-corrected chi connectivity index (χ4v) is 2.77. The first-order valence-electron chi connectivity index (χ1n) is 6.97. The molecule has 4 heteroatoms. The van der Waals surface area contributed by atoms with E-state index in [2.05, 4.69) is 22.3 Å². The first-order chi connectivity index (χ1) is 9.65. The van der Waals surface area contributed by atoms with Crippen molar-refractivity contribution in [1.82, 2.24) is 9.88 Å². The van der Waals surface area contributed by atoms with Crippen LogP contribution in [0.3, 0.4) is 0 Å². The Kier molecular flexibility index (Phi) is 5.71. The van der Waals surface area contributed by atoms with Crippen molar-refractivity contribution in [2.24, 2.45) is 0 Å². The van der Waals surface area contributed by atoms with E-state index in [4.69, 9.17) is 0 Å². The Morgan fingerprint density at radius 3 is 2.65 bits per heavy atom. The first-order valence-corrected chi connectivity index (χ1v) is 7.85. The van der Waals surface area contributed by atoms with Crippen molar-refractivity contribution in [2.75, 3.05) is 20.1 Å². The summed E-state index contributed by atoms with van der Waals surface area (Å²) in [4.78, 5) is 6.72. The number of rotatable bonds is 7. The van der Waals surface area contributed by atoms with Gasteiger partial charge in [-0.05, 0) is 26.0 Å². The van der Waals surface area contributed by atoms with Crippen LogP contribution in [0, 0.1) is 6.92 Å². The Balaban J connectivity index is 1.71. The van der Waals surface area contributed by atoms with Gasteiger partial charge in [0.25, 0.3) is 0 Å². The van der Waals surface area contributed by atoms with E-state index in [9.17, 15) is 5.11 Å². The Morgan fingerprint density at radius 1 is 1.25 bits per heavy atom. The van der Waals surface area contributed by atoms with Crippen molar-refractivity contribution in [3.8, 4) is 0 Å². The number of benzene rings is 1. The highest BCUT2D eigenvalue weighted by Gasteiger charge is 2.09. The molecular weight excluding hydrogens is 268 g/mol. The van der Waals surface area contributed by atoms with E-state index in [1.165, 1.54) is 5.69 Å². The van der Waals surface area contributed by atoms with Crippen LogP contribution in [0.5, 0.6) is 0 Å². The zero-order chi connectivity index (χ0) is 14.4. The van der Waals surface area contributed by atoms with Crippen LogP contribution in [0.1, 0.15) is 28.8 Å². The molecule has 0 aliphatic rings. The maximum absolute atomic E-state index is 10.1. The van der Waals surface area contributed by atoms with Crippen LogP contribution < -0.4 is 0 Å². The third-order valence-electron chi connectivity index (χ3n) is 3.38. The average molecular weight is 290 g/mol. The highest BCUT2D eigenvalue weighted by Crippen LogP contribution is 2.16. The standard InChI is InChI=1S/C16H22N2OS/c1-13-17-15(12-20-13)8-10-18(2)11-9-16(19)14-6-4-3-5-7-14/h3-7,12,16,19H,8-11H2,1-2H3. The van der Waals surface area contributed by atoms with Gasteiger partial charge in [0.1, 0.15) is 0 Å². The summed E-state index contributed by atoms with van der Waals surface area (Å²) in [6.45, 7) is 3.90. The molecule has 0 fully saturated rings. The molecule has 0 saturated carbocycles. The second-order valence-electron chi connectivity index (χ2n) is 5.13. The molecule has 1 aromatic heterocycles. The number of aliphatic hydroxyl groups excluding tert-OH is 1. The Hall–Kier alpha value is -1.23. The van der Waals surface area contributed by atoms with Crippen molar-refractivity contribution in [3.05, 3.63) is 52.0 Å². The SMILES string of the molecule is Cc1nc(CCN(C)CCC(O)c2ccccc2)cs1. The number of aliphatic hydroxyl groups is 1. The Labute approximate surface area is 124 Å². The number of likely N-dealkylation sites (N-methyl/N-ethyl adjacent to an activating group) is 1. The van der Waals surface area contributed by atoms with Gasteiger partial charge in [-0.1, -0.05) is 30.3 Å². The summed E-state index contributed by atoms with van der Waals surface area (Å²) in [5.41, 5.74) is 2.17. The van der Waals surface area contributed by atoms with Crippen LogP contribution in [0.4, 0.5) is 0 Å². The summed E-state index contributed by atoms with van der Waals surface area (Å²) in [6, 6.07) is 9.85. The van der Waals surface area contributed by atoms with Crippen LogP contribution in [0.25, 0.3) is 0 Å². The third kappa shape index (κ3) is 4.71. The molecule has 0 aliphatic carbocycles. The molecule has 1 N–H and O–H groups in total. The molecule has 0 spiro atoms. The largest absolute Gasteiger partial charge is 0.388 e. The van der Waals surface area contributed by atoms with Crippen molar-refractivity contribution < 1.29 is 5.11 Å². The van der Waals surface area contributed by atoms with Gasteiger partial charge < -0.3 is 10.0 Å². The van der Waals surface area contributed by atoms with Crippen LogP contribution in [-0.2, 0) is 6.42 Å². The van der Waals surface area contributed by atoms with E-state index in [-0.39, 0.29) is 6.10 Å². The Morgan fingerprint density at radius 2 is 2.00 bits per heavy atom. The zero-order valence-corrected chi connectivity index (χ0v) is 12.9. The molecule has 0 amide bonds. The molecule has 1 unspecified atom stereocenters. The minimum absolute atomic E-state index is 0.375. The second kappa shape index (κ2) is 7.53. The van der Waals surface area contributed by atoms with Crippen molar-refractivity contribution in [3.63, 3.8) is 0 Å². The molecular formula is C16H22N2OS. The molecule has 1 aromatic carbocycles. The summed E-state index contributed by atoms with van der Waals surface area (Å²) >= 11 is 1.70. The normalized spacial score (nSPS) is 12.8. The van der Waals surface area contributed by atoms with Crippen molar-refractivity contribution >= 4 is 11.3 Å². The van der Waals surface area contributed by atoms with Gasteiger partial charge in [-0.3, -0.25) is 0 Å². The van der Waals surface area contributed by atoms with Gasteiger partial charge >= 0.3 is 0 Å². The molecule has 0 saturated heterocycles. The number of nitrogens with zero attached hydrogens (tertiary/aromatic N) is 2. The lowest BCUT2D eigenvalue weighted by Gasteiger charge is -2.18. The molecule has 2 rings (SSSR count). The molecule has 0 aliphatic heterocycles. The fraction of sp³-hybridized carbons (Fsp3) is 0.438. The molecule has 20 heavy (non-hydrogen) atoms. The van der Waals surface area contributed by atoms with E-state index in [1.807, 2.05) is 37.3 Å². The van der Waals surface area contributed by atoms with Gasteiger partial charge in [0.15, 0.2) is 0 Å². The monoisotopic (exact) mass is 290 g/mol. The van der Waals surface area contributed by atoms with Crippen molar-refractivity contribution in [1.29, 1.82) is 0 Å². The minimum Gasteiger partial charge on any atom is -0.388 e. The summed E-state index contributed by atoms with van der Waals surface area (Å²) in [5.74, 6) is 0. The predicted octanol–water partition coefficient (Wildman–Crippen LogP) is 3.05. The predicted molar refractivity (Wildman–Crippen MR) is 84.1 cm³/mol. The second-order valence-corrected chi connectivity index (χ2v) is 6.19. The van der Waals surface area contributed by atoms with Crippen LogP contribution in [0.15, 0.2) is 35.7 Å². The topological polar surface area (TPSA) is 36.4 Å². The summed E-state index contributed by atoms with van der Waals surface area (Å²) in [5, 5.41) is 13.4. The van der Waals surface area contributed by atoms with Crippen LogP contribution in [-0.4, -0.2) is 35.1 Å². The first kappa shape index (κ1) is 15.2. The maximum Gasteiger partial charge on any atom is 0.0897 e. The number of aryl methyl sites for hydroxylation is 1.